The number of para-hydroxylation sites is 4. The molecule has 16 aromatic rings. The molecular weight excluding hydrogens is 949 g/mol. The average Bonchev–Trinajstić information content (AvgIpc) is 4.27. The second-order valence-corrected chi connectivity index (χ2v) is 20.5. The van der Waals surface area contributed by atoms with Crippen LogP contribution in [0.1, 0.15) is 0 Å². The van der Waals surface area contributed by atoms with Gasteiger partial charge in [-0.15, -0.1) is 11.3 Å². The Labute approximate surface area is 439 Å². The molecule has 0 fully saturated rings. The maximum atomic E-state index is 6.87. The highest BCUT2D eigenvalue weighted by Crippen LogP contribution is 2.47. The number of hydrogen-bond acceptors (Lipinski definition) is 6. The van der Waals surface area contributed by atoms with E-state index in [-0.39, 0.29) is 0 Å². The Bertz CT molecular complexity index is 4990. The number of benzene rings is 11. The van der Waals surface area contributed by atoms with Gasteiger partial charge < -0.3 is 13.4 Å². The molecule has 5 heterocycles. The Hall–Kier alpha value is -9.95. The lowest BCUT2D eigenvalue weighted by molar-refractivity contribution is 0.669. The molecule has 16 rings (SSSR count). The van der Waals surface area contributed by atoms with Crippen molar-refractivity contribution in [2.75, 3.05) is 0 Å². The number of furan rings is 2. The van der Waals surface area contributed by atoms with E-state index in [1.54, 1.807) is 11.3 Å². The van der Waals surface area contributed by atoms with Gasteiger partial charge in [0, 0.05) is 86.0 Å². The van der Waals surface area contributed by atoms with Gasteiger partial charge in [-0.05, 0) is 89.0 Å². The largest absolute Gasteiger partial charge is 0.456 e. The third-order valence-electron chi connectivity index (χ3n) is 15.1. The lowest BCUT2D eigenvalue weighted by atomic mass is 9.98. The van der Waals surface area contributed by atoms with E-state index < -0.39 is 0 Å². The summed E-state index contributed by atoms with van der Waals surface area (Å²) in [5, 5.41) is 9.12. The maximum Gasteiger partial charge on any atom is 0.164 e. The quantitative estimate of drug-likeness (QED) is 0.159. The van der Waals surface area contributed by atoms with Crippen molar-refractivity contribution in [3.8, 4) is 73.2 Å². The zero-order valence-electron chi connectivity index (χ0n) is 40.6. The molecule has 0 saturated heterocycles. The summed E-state index contributed by atoms with van der Waals surface area (Å²) >= 11 is 1.79. The normalized spacial score (nSPS) is 11.9. The van der Waals surface area contributed by atoms with E-state index in [9.17, 15) is 0 Å². The van der Waals surface area contributed by atoms with Crippen LogP contribution in [0, 0.1) is 0 Å². The fourth-order valence-electron chi connectivity index (χ4n) is 11.5. The third-order valence-corrected chi connectivity index (χ3v) is 16.3. The topological polar surface area (TPSA) is 69.9 Å². The van der Waals surface area contributed by atoms with Crippen LogP contribution < -0.4 is 0 Å². The van der Waals surface area contributed by atoms with E-state index >= 15 is 0 Å². The zero-order valence-corrected chi connectivity index (χ0v) is 41.4. The molecule has 5 aromatic heterocycles. The van der Waals surface area contributed by atoms with Crippen LogP contribution in [0.4, 0.5) is 0 Å². The summed E-state index contributed by atoms with van der Waals surface area (Å²) in [5.74, 6) is 1.85. The van der Waals surface area contributed by atoms with Gasteiger partial charge in [-0.1, -0.05) is 176 Å². The highest BCUT2D eigenvalue weighted by atomic mass is 32.1. The van der Waals surface area contributed by atoms with Crippen LogP contribution >= 0.6 is 11.3 Å². The first-order chi connectivity index (χ1) is 37.6. The van der Waals surface area contributed by atoms with Crippen molar-refractivity contribution in [1.29, 1.82) is 0 Å². The van der Waals surface area contributed by atoms with Gasteiger partial charge in [0.05, 0.1) is 11.0 Å². The second kappa shape index (κ2) is 16.8. The van der Waals surface area contributed by atoms with Crippen molar-refractivity contribution in [2.45, 2.75) is 0 Å². The number of nitrogens with zero attached hydrogens (tertiary/aromatic N) is 4. The molecule has 7 heteroatoms. The molecule has 0 aliphatic heterocycles. The fourth-order valence-corrected chi connectivity index (χ4v) is 12.8. The number of hydrogen-bond donors (Lipinski definition) is 0. The molecule has 0 bridgehead atoms. The van der Waals surface area contributed by atoms with E-state index in [0.717, 1.165) is 115 Å². The van der Waals surface area contributed by atoms with Crippen LogP contribution in [0.15, 0.2) is 251 Å². The van der Waals surface area contributed by atoms with Crippen LogP contribution in [0.3, 0.4) is 0 Å². The SMILES string of the molecule is c1ccc(-c2nc(-c3ccc(-c4ccc5c(c4)oc4ccccc45)cc3)nc(-c3cccc4sc5c(-c6cccc7c6oc6ccc(-c8ccc9c(c8)c8ccccc8n9-c8ccccc8)cc67)cccc5c34)n2)cc1. The predicted molar refractivity (Wildman–Crippen MR) is 314 cm³/mol. The van der Waals surface area contributed by atoms with Gasteiger partial charge in [-0.3, -0.25) is 0 Å². The van der Waals surface area contributed by atoms with Crippen LogP contribution in [-0.2, 0) is 0 Å². The van der Waals surface area contributed by atoms with Gasteiger partial charge in [0.2, 0.25) is 0 Å². The molecule has 0 unspecified atom stereocenters. The zero-order chi connectivity index (χ0) is 49.8. The van der Waals surface area contributed by atoms with E-state index in [4.69, 9.17) is 23.8 Å². The lowest BCUT2D eigenvalue weighted by Crippen LogP contribution is -2.00. The molecule has 0 atom stereocenters. The molecule has 11 aromatic carbocycles. The van der Waals surface area contributed by atoms with Crippen LogP contribution in [0.25, 0.3) is 159 Å². The molecule has 0 aliphatic carbocycles. The van der Waals surface area contributed by atoms with Crippen molar-refractivity contribution < 1.29 is 8.83 Å². The smallest absolute Gasteiger partial charge is 0.164 e. The van der Waals surface area contributed by atoms with E-state index in [1.165, 1.54) is 26.5 Å². The molecule has 76 heavy (non-hydrogen) atoms. The Morgan fingerprint density at radius 3 is 1.72 bits per heavy atom. The molecule has 0 amide bonds. The minimum atomic E-state index is 0.608. The minimum Gasteiger partial charge on any atom is -0.456 e. The molecule has 0 N–H and O–H groups in total. The lowest BCUT2D eigenvalue weighted by Gasteiger charge is -2.10. The summed E-state index contributed by atoms with van der Waals surface area (Å²) in [4.78, 5) is 15.6. The summed E-state index contributed by atoms with van der Waals surface area (Å²) in [6.45, 7) is 0. The Kier molecular flexibility index (Phi) is 9.40. The van der Waals surface area contributed by atoms with Crippen molar-refractivity contribution in [1.82, 2.24) is 19.5 Å². The molecule has 6 nitrogen and oxygen atoms in total. The van der Waals surface area contributed by atoms with Crippen molar-refractivity contribution >= 4 is 97.2 Å². The highest BCUT2D eigenvalue weighted by Gasteiger charge is 2.22. The summed E-state index contributed by atoms with van der Waals surface area (Å²) < 4.78 is 17.8. The average molecular weight is 989 g/mol. The first-order valence-corrected chi connectivity index (χ1v) is 26.3. The van der Waals surface area contributed by atoms with Gasteiger partial charge in [-0.25, -0.2) is 15.0 Å². The Morgan fingerprint density at radius 2 is 0.882 bits per heavy atom. The van der Waals surface area contributed by atoms with Gasteiger partial charge in [0.1, 0.15) is 22.3 Å². The molecular formula is C69H40N4O2S. The maximum absolute atomic E-state index is 6.87. The molecule has 0 spiro atoms. The molecule has 0 radical (unpaired) electrons. The van der Waals surface area contributed by atoms with Crippen molar-refractivity contribution in [2.24, 2.45) is 0 Å². The molecule has 0 aliphatic rings. The summed E-state index contributed by atoms with van der Waals surface area (Å²) in [6.07, 6.45) is 0. The number of fused-ring (bicyclic) bond motifs is 12. The van der Waals surface area contributed by atoms with E-state index in [0.29, 0.717) is 17.5 Å². The van der Waals surface area contributed by atoms with E-state index in [1.807, 2.05) is 36.4 Å². The van der Waals surface area contributed by atoms with Crippen LogP contribution in [-0.4, -0.2) is 19.5 Å². The molecule has 0 saturated carbocycles. The number of thiophene rings is 1. The summed E-state index contributed by atoms with van der Waals surface area (Å²) in [5.41, 5.74) is 16.4. The predicted octanol–water partition coefficient (Wildman–Crippen LogP) is 19.1. The molecule has 354 valence electrons. The van der Waals surface area contributed by atoms with Crippen LogP contribution in [0.5, 0.6) is 0 Å². The second-order valence-electron chi connectivity index (χ2n) is 19.4. The Balaban J connectivity index is 0.788. The highest BCUT2D eigenvalue weighted by molar-refractivity contribution is 7.26. The van der Waals surface area contributed by atoms with Crippen molar-refractivity contribution in [3.05, 3.63) is 243 Å². The Morgan fingerprint density at radius 1 is 0.316 bits per heavy atom. The van der Waals surface area contributed by atoms with Gasteiger partial charge in [0.25, 0.3) is 0 Å². The van der Waals surface area contributed by atoms with E-state index in [2.05, 4.69) is 211 Å². The fraction of sp³-hybridized carbons (Fsp3) is 0. The van der Waals surface area contributed by atoms with Crippen molar-refractivity contribution in [3.63, 3.8) is 0 Å². The van der Waals surface area contributed by atoms with Gasteiger partial charge >= 0.3 is 0 Å². The number of aromatic nitrogens is 4. The first-order valence-electron chi connectivity index (χ1n) is 25.5. The minimum absolute atomic E-state index is 0.608. The van der Waals surface area contributed by atoms with Gasteiger partial charge in [-0.2, -0.15) is 0 Å². The van der Waals surface area contributed by atoms with Crippen LogP contribution in [0.2, 0.25) is 0 Å². The number of rotatable bonds is 7. The first kappa shape index (κ1) is 42.5. The standard InChI is InChI=1S/C69H40N4O2S/c1-3-14-42(15-4-1)67-70-68(43-30-28-41(29-31-43)46-32-35-50-49-19-8-10-26-60(49)74-62(50)40-46)72-69(71-67)55-24-13-27-63-64(55)54-23-12-22-53(66(54)76-63)51-20-11-21-52-57-39-45(34-37-61(57)75-65(51)52)44-33-36-59-56(38-44)48-18-7-9-25-58(48)73(59)47-16-5-2-6-17-47/h1-40H. The monoisotopic (exact) mass is 988 g/mol. The summed E-state index contributed by atoms with van der Waals surface area (Å²) in [7, 11) is 0. The third kappa shape index (κ3) is 6.69. The van der Waals surface area contributed by atoms with Gasteiger partial charge in [0.15, 0.2) is 17.5 Å². The summed E-state index contributed by atoms with van der Waals surface area (Å²) in [6, 6.07) is 85.6.